The Labute approximate surface area is 189 Å². The van der Waals surface area contributed by atoms with Crippen molar-refractivity contribution >= 4 is 35.6 Å². The van der Waals surface area contributed by atoms with Crippen molar-refractivity contribution in [1.82, 2.24) is 10.6 Å². The maximum atomic E-state index is 10.8. The topological polar surface area (TPSA) is 88.8 Å². The molecule has 0 saturated carbocycles. The molecule has 0 heterocycles. The molecule has 0 saturated heterocycles. The normalized spacial score (nSPS) is 10.9. The van der Waals surface area contributed by atoms with Crippen molar-refractivity contribution in [3.63, 3.8) is 0 Å². The fraction of sp³-hybridized carbons (Fsp3) is 0.381. The summed E-state index contributed by atoms with van der Waals surface area (Å²) in [6, 6.07) is 14.7. The minimum absolute atomic E-state index is 0. The van der Waals surface area contributed by atoms with Gasteiger partial charge >= 0.3 is 0 Å². The highest BCUT2D eigenvalue weighted by Crippen LogP contribution is 2.12. The van der Waals surface area contributed by atoms with Crippen LogP contribution < -0.4 is 10.6 Å². The highest BCUT2D eigenvalue weighted by molar-refractivity contribution is 14.0. The van der Waals surface area contributed by atoms with Gasteiger partial charge in [0.25, 0.3) is 5.69 Å². The lowest BCUT2D eigenvalue weighted by Crippen LogP contribution is -2.38. The van der Waals surface area contributed by atoms with Crippen LogP contribution in [0.2, 0.25) is 0 Å². The zero-order chi connectivity index (χ0) is 20.2. The molecule has 0 spiro atoms. The van der Waals surface area contributed by atoms with Crippen LogP contribution >= 0.6 is 24.0 Å². The molecule has 0 fully saturated rings. The number of aryl methyl sites for hydroxylation is 1. The Morgan fingerprint density at radius 2 is 1.86 bits per heavy atom. The maximum absolute atomic E-state index is 10.8. The van der Waals surface area contributed by atoms with Gasteiger partial charge in [-0.05, 0) is 37.0 Å². The largest absolute Gasteiger partial charge is 0.382 e. The lowest BCUT2D eigenvalue weighted by Gasteiger charge is -2.14. The van der Waals surface area contributed by atoms with Gasteiger partial charge in [0, 0.05) is 38.4 Å². The van der Waals surface area contributed by atoms with Crippen molar-refractivity contribution in [2.45, 2.75) is 33.4 Å². The lowest BCUT2D eigenvalue weighted by molar-refractivity contribution is -0.384. The Bertz CT molecular complexity index is 782. The second-order valence-electron chi connectivity index (χ2n) is 6.35. The number of nitrogens with one attached hydrogen (secondary N) is 2. The fourth-order valence-corrected chi connectivity index (χ4v) is 2.58. The number of rotatable bonds is 10. The van der Waals surface area contributed by atoms with E-state index in [1.54, 1.807) is 12.1 Å². The van der Waals surface area contributed by atoms with Crippen molar-refractivity contribution in [1.29, 1.82) is 0 Å². The first-order valence-corrected chi connectivity index (χ1v) is 9.48. The summed E-state index contributed by atoms with van der Waals surface area (Å²) in [6.45, 7) is 7.34. The average molecular weight is 512 g/mol. The van der Waals surface area contributed by atoms with E-state index < -0.39 is 4.92 Å². The molecule has 0 amide bonds. The van der Waals surface area contributed by atoms with Crippen molar-refractivity contribution in [3.05, 3.63) is 75.3 Å². The smallest absolute Gasteiger partial charge is 0.269 e. The number of benzene rings is 2. The number of non-ortho nitro benzene ring substituents is 1. The highest BCUT2D eigenvalue weighted by Gasteiger charge is 2.05. The van der Waals surface area contributed by atoms with Crippen molar-refractivity contribution in [3.8, 4) is 0 Å². The van der Waals surface area contributed by atoms with E-state index in [-0.39, 0.29) is 29.7 Å². The summed E-state index contributed by atoms with van der Waals surface area (Å²) in [5.41, 5.74) is 3.43. The van der Waals surface area contributed by atoms with Crippen LogP contribution in [0.1, 0.15) is 30.0 Å². The van der Waals surface area contributed by atoms with Gasteiger partial charge in [-0.1, -0.05) is 36.4 Å². The van der Waals surface area contributed by atoms with Crippen LogP contribution in [0.15, 0.2) is 53.5 Å². The summed E-state index contributed by atoms with van der Waals surface area (Å²) in [4.78, 5) is 15.0. The Morgan fingerprint density at radius 1 is 1.14 bits per heavy atom. The van der Waals surface area contributed by atoms with Crippen LogP contribution in [0.5, 0.6) is 0 Å². The van der Waals surface area contributed by atoms with Crippen molar-refractivity contribution in [2.75, 3.05) is 19.8 Å². The van der Waals surface area contributed by atoms with Gasteiger partial charge in [0.2, 0.25) is 0 Å². The molecule has 2 N–H and O–H groups in total. The molecule has 0 aliphatic carbocycles. The molecule has 0 aliphatic heterocycles. The predicted octanol–water partition coefficient (Wildman–Crippen LogP) is 4.18. The number of halogens is 1. The molecule has 2 rings (SSSR count). The van der Waals surface area contributed by atoms with Gasteiger partial charge in [-0.15, -0.1) is 24.0 Å². The molecule has 0 atom stereocenters. The summed E-state index contributed by atoms with van der Waals surface area (Å²) in [5, 5.41) is 17.4. The number of guanidine groups is 1. The van der Waals surface area contributed by atoms with Gasteiger partial charge < -0.3 is 15.4 Å². The van der Waals surface area contributed by atoms with E-state index in [0.717, 1.165) is 18.5 Å². The van der Waals surface area contributed by atoms with Gasteiger partial charge in [-0.2, -0.15) is 0 Å². The third-order valence-electron chi connectivity index (χ3n) is 4.24. The van der Waals surface area contributed by atoms with E-state index >= 15 is 0 Å². The molecule has 0 bridgehead atoms. The fourth-order valence-electron chi connectivity index (χ4n) is 2.58. The highest BCUT2D eigenvalue weighted by atomic mass is 127. The zero-order valence-corrected chi connectivity index (χ0v) is 19.2. The van der Waals surface area contributed by atoms with Crippen molar-refractivity contribution < 1.29 is 9.66 Å². The molecule has 0 aliphatic rings. The van der Waals surface area contributed by atoms with Crippen LogP contribution in [-0.4, -0.2) is 30.6 Å². The molecule has 8 heteroatoms. The van der Waals surface area contributed by atoms with E-state index in [1.165, 1.54) is 23.3 Å². The molecule has 2 aromatic rings. The molecule has 0 radical (unpaired) electrons. The molecule has 0 unspecified atom stereocenters. The molecule has 7 nitrogen and oxygen atoms in total. The quantitative estimate of drug-likeness (QED) is 0.125. The third-order valence-corrected chi connectivity index (χ3v) is 4.24. The summed E-state index contributed by atoms with van der Waals surface area (Å²) in [6.07, 6.45) is 0.885. The molecular formula is C21H29IN4O3. The minimum atomic E-state index is -0.401. The molecular weight excluding hydrogens is 483 g/mol. The van der Waals surface area contributed by atoms with Gasteiger partial charge in [0.05, 0.1) is 11.5 Å². The number of hydrogen-bond donors (Lipinski definition) is 2. The van der Waals surface area contributed by atoms with E-state index in [1.807, 2.05) is 19.1 Å². The molecule has 29 heavy (non-hydrogen) atoms. The number of hydrogen-bond acceptors (Lipinski definition) is 4. The van der Waals surface area contributed by atoms with Crippen LogP contribution in [0.3, 0.4) is 0 Å². The standard InChI is InChI=1S/C21H28N4O3.HI/c1-3-28-14-6-13-22-21(24-16-19-8-5-4-7-17(19)2)23-15-18-9-11-20(12-10-18)25(26)27;/h4-5,7-12H,3,6,13-16H2,1-2H3,(H2,22,23,24);1H. The number of nitrogens with zero attached hydrogens (tertiary/aromatic N) is 2. The number of aliphatic imine (C=N–C) groups is 1. The Morgan fingerprint density at radius 3 is 2.52 bits per heavy atom. The Kier molecular flexibility index (Phi) is 11.9. The van der Waals surface area contributed by atoms with Gasteiger partial charge in [-0.25, -0.2) is 4.99 Å². The van der Waals surface area contributed by atoms with Crippen molar-refractivity contribution in [2.24, 2.45) is 4.99 Å². The van der Waals surface area contributed by atoms with Crippen LogP contribution in [-0.2, 0) is 17.8 Å². The number of ether oxygens (including phenoxy) is 1. The molecule has 158 valence electrons. The average Bonchev–Trinajstić information content (AvgIpc) is 2.70. The van der Waals surface area contributed by atoms with E-state index in [2.05, 4.69) is 34.7 Å². The third kappa shape index (κ3) is 9.23. The number of nitro groups is 1. The van der Waals surface area contributed by atoms with Crippen LogP contribution in [0.4, 0.5) is 5.69 Å². The van der Waals surface area contributed by atoms with E-state index in [0.29, 0.717) is 32.3 Å². The SMILES string of the molecule is CCOCCCNC(=NCc1ccc([N+](=O)[O-])cc1)NCc1ccccc1C.I. The van der Waals surface area contributed by atoms with E-state index in [9.17, 15) is 10.1 Å². The lowest BCUT2D eigenvalue weighted by atomic mass is 10.1. The van der Waals surface area contributed by atoms with Crippen LogP contribution in [0.25, 0.3) is 0 Å². The first-order valence-electron chi connectivity index (χ1n) is 9.48. The van der Waals surface area contributed by atoms with Gasteiger partial charge in [0.15, 0.2) is 5.96 Å². The Hall–Kier alpha value is -2.20. The number of nitro benzene ring substituents is 1. The zero-order valence-electron chi connectivity index (χ0n) is 16.9. The van der Waals surface area contributed by atoms with Gasteiger partial charge in [-0.3, -0.25) is 10.1 Å². The predicted molar refractivity (Wildman–Crippen MR) is 127 cm³/mol. The maximum Gasteiger partial charge on any atom is 0.269 e. The summed E-state index contributed by atoms with van der Waals surface area (Å²) >= 11 is 0. The van der Waals surface area contributed by atoms with E-state index in [4.69, 9.17) is 4.74 Å². The second kappa shape index (κ2) is 13.9. The minimum Gasteiger partial charge on any atom is -0.382 e. The molecule has 0 aromatic heterocycles. The Balaban J connectivity index is 0.00000420. The first-order chi connectivity index (χ1) is 13.6. The first kappa shape index (κ1) is 24.8. The molecule has 2 aromatic carbocycles. The monoisotopic (exact) mass is 512 g/mol. The summed E-state index contributed by atoms with van der Waals surface area (Å²) < 4.78 is 5.36. The summed E-state index contributed by atoms with van der Waals surface area (Å²) in [7, 11) is 0. The van der Waals surface area contributed by atoms with Gasteiger partial charge in [0.1, 0.15) is 0 Å². The second-order valence-corrected chi connectivity index (χ2v) is 6.35. The van der Waals surface area contributed by atoms with Crippen LogP contribution in [0, 0.1) is 17.0 Å². The summed E-state index contributed by atoms with van der Waals surface area (Å²) in [5.74, 6) is 0.707.